The van der Waals surface area contributed by atoms with Crippen LogP contribution in [0.15, 0.2) is 0 Å². The molecule has 1 rings (SSSR count). The van der Waals surface area contributed by atoms with Crippen LogP contribution in [-0.2, 0) is 9.53 Å². The molecule has 0 aromatic heterocycles. The first-order valence-electron chi connectivity index (χ1n) is 4.23. The summed E-state index contributed by atoms with van der Waals surface area (Å²) < 4.78 is 5.22. The van der Waals surface area contributed by atoms with Gasteiger partial charge in [0.05, 0.1) is 5.33 Å². The van der Waals surface area contributed by atoms with Crippen molar-refractivity contribution in [3.63, 3.8) is 0 Å². The maximum atomic E-state index is 10.8. The first kappa shape index (κ1) is 9.99. The Balaban J connectivity index is 1.97. The molecule has 1 fully saturated rings. The van der Waals surface area contributed by atoms with Gasteiger partial charge in [0.25, 0.3) is 0 Å². The number of nitrogens with one attached hydrogen (secondary N) is 1. The zero-order valence-corrected chi connectivity index (χ0v) is 8.60. The van der Waals surface area contributed by atoms with Gasteiger partial charge in [-0.2, -0.15) is 0 Å². The molecule has 0 aromatic rings. The predicted octanol–water partition coefficient (Wildman–Crippen LogP) is 0.924. The summed E-state index contributed by atoms with van der Waals surface area (Å²) in [6, 6.07) is 0. The zero-order chi connectivity index (χ0) is 8.81. The Labute approximate surface area is 81.0 Å². The highest BCUT2D eigenvalue weighted by atomic mass is 79.9. The molecule has 1 saturated heterocycles. The molecule has 0 saturated carbocycles. The van der Waals surface area contributed by atoms with E-state index in [2.05, 4.69) is 21.2 Å². The van der Waals surface area contributed by atoms with Crippen LogP contribution in [0.3, 0.4) is 0 Å². The number of halogens is 1. The van der Waals surface area contributed by atoms with Crippen molar-refractivity contribution >= 4 is 21.8 Å². The zero-order valence-electron chi connectivity index (χ0n) is 7.01. The second-order valence-electron chi connectivity index (χ2n) is 3.00. The van der Waals surface area contributed by atoms with Gasteiger partial charge in [-0.3, -0.25) is 4.79 Å². The Hall–Kier alpha value is -0.0900. The van der Waals surface area contributed by atoms with Gasteiger partial charge in [-0.05, 0) is 18.8 Å². The predicted molar refractivity (Wildman–Crippen MR) is 50.3 cm³/mol. The number of alkyl halides is 1. The number of rotatable bonds is 4. The van der Waals surface area contributed by atoms with E-state index >= 15 is 0 Å². The van der Waals surface area contributed by atoms with Crippen LogP contribution in [0.5, 0.6) is 0 Å². The number of ether oxygens (including phenoxy) is 1. The summed E-state index contributed by atoms with van der Waals surface area (Å²) in [5.41, 5.74) is 0. The van der Waals surface area contributed by atoms with E-state index in [1.54, 1.807) is 0 Å². The summed E-state index contributed by atoms with van der Waals surface area (Å²) in [6.07, 6.45) is 2.18. The fourth-order valence-electron chi connectivity index (χ4n) is 1.27. The van der Waals surface area contributed by atoms with Crippen LogP contribution >= 0.6 is 15.9 Å². The molecule has 1 N–H and O–H groups in total. The van der Waals surface area contributed by atoms with Crippen molar-refractivity contribution in [3.05, 3.63) is 0 Å². The van der Waals surface area contributed by atoms with Crippen LogP contribution in [0.4, 0.5) is 0 Å². The highest BCUT2D eigenvalue weighted by molar-refractivity contribution is 9.09. The fourth-order valence-corrected chi connectivity index (χ4v) is 1.47. The molecule has 0 spiro atoms. The SMILES string of the molecule is O=C(CBr)NCCC1CCOC1. The fraction of sp³-hybridized carbons (Fsp3) is 0.875. The average molecular weight is 236 g/mol. The van der Waals surface area contributed by atoms with Crippen LogP contribution in [-0.4, -0.2) is 31.0 Å². The minimum atomic E-state index is 0.0638. The van der Waals surface area contributed by atoms with Crippen molar-refractivity contribution in [2.24, 2.45) is 5.92 Å². The van der Waals surface area contributed by atoms with Crippen molar-refractivity contribution < 1.29 is 9.53 Å². The second kappa shape index (κ2) is 5.54. The Kier molecular flexibility index (Phi) is 4.61. The third-order valence-electron chi connectivity index (χ3n) is 2.02. The van der Waals surface area contributed by atoms with Gasteiger partial charge < -0.3 is 10.1 Å². The topological polar surface area (TPSA) is 38.3 Å². The summed E-state index contributed by atoms with van der Waals surface area (Å²) >= 11 is 3.09. The summed E-state index contributed by atoms with van der Waals surface area (Å²) in [5.74, 6) is 0.717. The van der Waals surface area contributed by atoms with Gasteiger partial charge >= 0.3 is 0 Å². The van der Waals surface area contributed by atoms with Gasteiger partial charge in [0.2, 0.25) is 5.91 Å². The molecular weight excluding hydrogens is 222 g/mol. The molecule has 1 unspecified atom stereocenters. The Bertz CT molecular complexity index is 146. The van der Waals surface area contributed by atoms with Crippen LogP contribution in [0.1, 0.15) is 12.8 Å². The second-order valence-corrected chi connectivity index (χ2v) is 3.56. The van der Waals surface area contributed by atoms with Gasteiger partial charge in [-0.1, -0.05) is 15.9 Å². The quantitative estimate of drug-likeness (QED) is 0.737. The van der Waals surface area contributed by atoms with Crippen LogP contribution in [0.2, 0.25) is 0 Å². The number of amides is 1. The number of hydrogen-bond acceptors (Lipinski definition) is 2. The molecule has 3 nitrogen and oxygen atoms in total. The Morgan fingerprint density at radius 2 is 2.50 bits per heavy atom. The highest BCUT2D eigenvalue weighted by Gasteiger charge is 2.14. The van der Waals surface area contributed by atoms with Gasteiger partial charge in [0, 0.05) is 19.8 Å². The normalized spacial score (nSPS) is 22.6. The molecule has 0 radical (unpaired) electrons. The van der Waals surface area contributed by atoms with Crippen LogP contribution in [0.25, 0.3) is 0 Å². The lowest BCUT2D eigenvalue weighted by atomic mass is 10.1. The molecule has 1 aliphatic heterocycles. The van der Waals surface area contributed by atoms with E-state index in [4.69, 9.17) is 4.74 Å². The van der Waals surface area contributed by atoms with Crippen LogP contribution in [0, 0.1) is 5.92 Å². The number of hydrogen-bond donors (Lipinski definition) is 1. The minimum absolute atomic E-state index is 0.0638. The lowest BCUT2D eigenvalue weighted by Gasteiger charge is -2.07. The molecule has 12 heavy (non-hydrogen) atoms. The molecular formula is C8H14BrNO2. The molecule has 0 aromatic carbocycles. The monoisotopic (exact) mass is 235 g/mol. The maximum Gasteiger partial charge on any atom is 0.230 e. The van der Waals surface area contributed by atoms with Crippen molar-refractivity contribution in [2.75, 3.05) is 25.1 Å². The lowest BCUT2D eigenvalue weighted by molar-refractivity contribution is -0.118. The molecule has 1 atom stereocenters. The molecule has 4 heteroatoms. The molecule has 0 aliphatic carbocycles. The molecule has 0 bridgehead atoms. The summed E-state index contributed by atoms with van der Waals surface area (Å²) in [4.78, 5) is 10.8. The summed E-state index contributed by atoms with van der Waals surface area (Å²) in [7, 11) is 0. The van der Waals surface area contributed by atoms with Gasteiger partial charge in [0.15, 0.2) is 0 Å². The molecule has 70 valence electrons. The van der Waals surface area contributed by atoms with Gasteiger partial charge in [-0.25, -0.2) is 0 Å². The van der Waals surface area contributed by atoms with Crippen molar-refractivity contribution in [3.8, 4) is 0 Å². The first-order chi connectivity index (χ1) is 5.83. The van der Waals surface area contributed by atoms with E-state index in [1.165, 1.54) is 0 Å². The Morgan fingerprint density at radius 3 is 3.08 bits per heavy atom. The van der Waals surface area contributed by atoms with E-state index in [0.29, 0.717) is 11.2 Å². The van der Waals surface area contributed by atoms with E-state index in [9.17, 15) is 4.79 Å². The Morgan fingerprint density at radius 1 is 1.67 bits per heavy atom. The van der Waals surface area contributed by atoms with Crippen molar-refractivity contribution in [2.45, 2.75) is 12.8 Å². The first-order valence-corrected chi connectivity index (χ1v) is 5.35. The molecule has 1 amide bonds. The van der Waals surface area contributed by atoms with E-state index in [1.807, 2.05) is 0 Å². The van der Waals surface area contributed by atoms with Crippen LogP contribution < -0.4 is 5.32 Å². The van der Waals surface area contributed by atoms with E-state index < -0.39 is 0 Å². The molecule has 1 aliphatic rings. The number of carbonyl (C=O) groups excluding carboxylic acids is 1. The summed E-state index contributed by atoms with van der Waals surface area (Å²) in [6.45, 7) is 2.53. The highest BCUT2D eigenvalue weighted by Crippen LogP contribution is 2.14. The third kappa shape index (κ3) is 3.54. The standard InChI is InChI=1S/C8H14BrNO2/c9-5-8(11)10-3-1-7-2-4-12-6-7/h7H,1-6H2,(H,10,11). The minimum Gasteiger partial charge on any atom is -0.381 e. The maximum absolute atomic E-state index is 10.8. The van der Waals surface area contributed by atoms with Gasteiger partial charge in [0.1, 0.15) is 0 Å². The van der Waals surface area contributed by atoms with E-state index in [0.717, 1.165) is 32.6 Å². The molecule has 1 heterocycles. The largest absolute Gasteiger partial charge is 0.381 e. The lowest BCUT2D eigenvalue weighted by Crippen LogP contribution is -2.26. The number of carbonyl (C=O) groups is 1. The van der Waals surface area contributed by atoms with E-state index in [-0.39, 0.29) is 5.91 Å². The van der Waals surface area contributed by atoms with Crippen molar-refractivity contribution in [1.29, 1.82) is 0 Å². The summed E-state index contributed by atoms with van der Waals surface area (Å²) in [5, 5.41) is 3.21. The van der Waals surface area contributed by atoms with Crippen molar-refractivity contribution in [1.82, 2.24) is 5.32 Å². The van der Waals surface area contributed by atoms with Gasteiger partial charge in [-0.15, -0.1) is 0 Å². The third-order valence-corrected chi connectivity index (χ3v) is 2.53. The smallest absolute Gasteiger partial charge is 0.230 e. The average Bonchev–Trinajstić information content (AvgIpc) is 2.57.